The summed E-state index contributed by atoms with van der Waals surface area (Å²) in [6, 6.07) is 6.17. The molecule has 0 aliphatic carbocycles. The third-order valence-electron chi connectivity index (χ3n) is 4.10. The van der Waals surface area contributed by atoms with Gasteiger partial charge in [-0.25, -0.2) is 4.79 Å². The molecule has 2 rings (SSSR count). The molecule has 0 radical (unpaired) electrons. The summed E-state index contributed by atoms with van der Waals surface area (Å²) in [5.41, 5.74) is 2.36. The summed E-state index contributed by atoms with van der Waals surface area (Å²) < 4.78 is 10.7. The molecule has 1 aliphatic heterocycles. The Kier molecular flexibility index (Phi) is 5.01. The predicted octanol–water partition coefficient (Wildman–Crippen LogP) is 2.46. The van der Waals surface area contributed by atoms with E-state index in [1.807, 2.05) is 32.9 Å². The van der Waals surface area contributed by atoms with Gasteiger partial charge >= 0.3 is 5.97 Å². The van der Waals surface area contributed by atoms with Crippen LogP contribution in [0.3, 0.4) is 0 Å². The molecule has 0 bridgehead atoms. The molecule has 2 atom stereocenters. The number of carbonyl (C=O) groups is 1. The van der Waals surface area contributed by atoms with E-state index in [9.17, 15) is 4.79 Å². The molecular weight excluding hydrogens is 266 g/mol. The number of hydrogen-bond donors (Lipinski definition) is 1. The van der Waals surface area contributed by atoms with Crippen LogP contribution in [0, 0.1) is 13.8 Å². The van der Waals surface area contributed by atoms with E-state index in [0.717, 1.165) is 36.1 Å². The van der Waals surface area contributed by atoms with Gasteiger partial charge in [0, 0.05) is 13.2 Å². The normalized spacial score (nSPS) is 21.0. The Bertz CT molecular complexity index is 489. The van der Waals surface area contributed by atoms with E-state index < -0.39 is 5.54 Å². The molecule has 0 spiro atoms. The molecule has 0 saturated carbocycles. The summed E-state index contributed by atoms with van der Waals surface area (Å²) in [5, 5.41) is 3.36. The highest BCUT2D eigenvalue weighted by atomic mass is 16.5. The number of ether oxygens (including phenoxy) is 2. The fraction of sp³-hybridized carbons (Fsp3) is 0.588. The Balaban J connectivity index is 2.24. The molecule has 1 fully saturated rings. The Morgan fingerprint density at radius 3 is 2.57 bits per heavy atom. The molecule has 0 amide bonds. The highest BCUT2D eigenvalue weighted by molar-refractivity contribution is 5.82. The molecule has 21 heavy (non-hydrogen) atoms. The van der Waals surface area contributed by atoms with E-state index >= 15 is 0 Å². The van der Waals surface area contributed by atoms with Gasteiger partial charge in [-0.3, -0.25) is 5.32 Å². The second kappa shape index (κ2) is 6.58. The first-order valence-corrected chi connectivity index (χ1v) is 7.49. The van der Waals surface area contributed by atoms with Crippen molar-refractivity contribution in [1.29, 1.82) is 0 Å². The van der Waals surface area contributed by atoms with Crippen molar-refractivity contribution in [1.82, 2.24) is 5.32 Å². The summed E-state index contributed by atoms with van der Waals surface area (Å²) in [6.07, 6.45) is 2.31. The molecule has 1 saturated heterocycles. The molecule has 0 aromatic heterocycles. The van der Waals surface area contributed by atoms with Gasteiger partial charge in [-0.2, -0.15) is 0 Å². The number of aryl methyl sites for hydroxylation is 2. The number of hydrogen-bond acceptors (Lipinski definition) is 4. The van der Waals surface area contributed by atoms with E-state index in [2.05, 4.69) is 11.4 Å². The van der Waals surface area contributed by atoms with Crippen molar-refractivity contribution in [3.8, 4) is 0 Å². The van der Waals surface area contributed by atoms with Crippen molar-refractivity contribution in [2.75, 3.05) is 20.3 Å². The van der Waals surface area contributed by atoms with E-state index in [0.29, 0.717) is 6.54 Å². The maximum absolute atomic E-state index is 12.3. The van der Waals surface area contributed by atoms with Crippen LogP contribution in [0.2, 0.25) is 0 Å². The lowest BCUT2D eigenvalue weighted by molar-refractivity contribution is -0.148. The first-order valence-electron chi connectivity index (χ1n) is 7.49. The second-order valence-corrected chi connectivity index (χ2v) is 6.01. The number of rotatable bonds is 5. The van der Waals surface area contributed by atoms with Gasteiger partial charge < -0.3 is 9.47 Å². The Labute approximate surface area is 126 Å². The van der Waals surface area contributed by atoms with Crippen LogP contribution < -0.4 is 5.32 Å². The summed E-state index contributed by atoms with van der Waals surface area (Å²) in [5.74, 6) is -0.273. The van der Waals surface area contributed by atoms with Crippen LogP contribution in [0.15, 0.2) is 18.2 Å². The van der Waals surface area contributed by atoms with Gasteiger partial charge in [-0.05, 0) is 39.2 Å². The van der Waals surface area contributed by atoms with Gasteiger partial charge in [-0.15, -0.1) is 0 Å². The average molecular weight is 291 g/mol. The largest absolute Gasteiger partial charge is 0.467 e. The zero-order chi connectivity index (χ0) is 15.5. The molecule has 2 unspecified atom stereocenters. The highest BCUT2D eigenvalue weighted by Crippen LogP contribution is 2.25. The van der Waals surface area contributed by atoms with E-state index in [1.165, 1.54) is 7.11 Å². The summed E-state index contributed by atoms with van der Waals surface area (Å²) in [6.45, 7) is 7.41. The maximum atomic E-state index is 12.3. The molecule has 4 heteroatoms. The zero-order valence-electron chi connectivity index (χ0n) is 13.4. The quantitative estimate of drug-likeness (QED) is 0.847. The van der Waals surface area contributed by atoms with Crippen molar-refractivity contribution < 1.29 is 14.3 Å². The summed E-state index contributed by atoms with van der Waals surface area (Å²) >= 11 is 0. The Morgan fingerprint density at radius 1 is 1.38 bits per heavy atom. The minimum absolute atomic E-state index is 0.180. The van der Waals surface area contributed by atoms with Gasteiger partial charge in [0.15, 0.2) is 0 Å². The third-order valence-corrected chi connectivity index (χ3v) is 4.10. The van der Waals surface area contributed by atoms with Crippen LogP contribution in [0.4, 0.5) is 0 Å². The fourth-order valence-electron chi connectivity index (χ4n) is 2.88. The standard InChI is InChI=1S/C17H25NO3/c1-12-8-13(2)10-14(9-12)17(3,16(19)20-4)18-11-15-6-5-7-21-15/h8-10,15,18H,5-7,11H2,1-4H3. The van der Waals surface area contributed by atoms with Crippen LogP contribution in [0.25, 0.3) is 0 Å². The minimum Gasteiger partial charge on any atom is -0.467 e. The smallest absolute Gasteiger partial charge is 0.330 e. The number of esters is 1. The van der Waals surface area contributed by atoms with Gasteiger partial charge in [0.05, 0.1) is 13.2 Å². The highest BCUT2D eigenvalue weighted by Gasteiger charge is 2.37. The number of nitrogens with one attached hydrogen (secondary N) is 1. The van der Waals surface area contributed by atoms with Crippen molar-refractivity contribution >= 4 is 5.97 Å². The minimum atomic E-state index is -0.850. The Hall–Kier alpha value is -1.39. The van der Waals surface area contributed by atoms with E-state index in [-0.39, 0.29) is 12.1 Å². The second-order valence-electron chi connectivity index (χ2n) is 6.01. The SMILES string of the molecule is COC(=O)C(C)(NCC1CCCO1)c1cc(C)cc(C)c1. The maximum Gasteiger partial charge on any atom is 0.330 e. The summed E-state index contributed by atoms with van der Waals surface area (Å²) in [4.78, 5) is 12.3. The summed E-state index contributed by atoms with van der Waals surface area (Å²) in [7, 11) is 1.43. The van der Waals surface area contributed by atoms with Gasteiger partial charge in [0.2, 0.25) is 0 Å². The lowest BCUT2D eigenvalue weighted by Gasteiger charge is -2.30. The van der Waals surface area contributed by atoms with E-state index in [1.54, 1.807) is 0 Å². The zero-order valence-corrected chi connectivity index (χ0v) is 13.4. The molecule has 1 aromatic carbocycles. The average Bonchev–Trinajstić information content (AvgIpc) is 2.96. The van der Waals surface area contributed by atoms with Crippen molar-refractivity contribution in [2.24, 2.45) is 0 Å². The van der Waals surface area contributed by atoms with Crippen LogP contribution in [-0.2, 0) is 19.8 Å². The molecular formula is C17H25NO3. The van der Waals surface area contributed by atoms with Gasteiger partial charge in [0.25, 0.3) is 0 Å². The Morgan fingerprint density at radius 2 is 2.05 bits per heavy atom. The van der Waals surface area contributed by atoms with Crippen molar-refractivity contribution in [2.45, 2.75) is 45.3 Å². The number of benzene rings is 1. The molecule has 1 heterocycles. The molecule has 1 N–H and O–H groups in total. The monoisotopic (exact) mass is 291 g/mol. The lowest BCUT2D eigenvalue weighted by Crippen LogP contribution is -2.50. The van der Waals surface area contributed by atoms with Crippen LogP contribution >= 0.6 is 0 Å². The van der Waals surface area contributed by atoms with Crippen molar-refractivity contribution in [3.05, 3.63) is 34.9 Å². The van der Waals surface area contributed by atoms with Crippen LogP contribution in [0.1, 0.15) is 36.5 Å². The molecule has 1 aliphatic rings. The molecule has 116 valence electrons. The van der Waals surface area contributed by atoms with Gasteiger partial charge in [0.1, 0.15) is 5.54 Å². The van der Waals surface area contributed by atoms with Crippen LogP contribution in [0.5, 0.6) is 0 Å². The number of methoxy groups -OCH3 is 1. The van der Waals surface area contributed by atoms with Gasteiger partial charge in [-0.1, -0.05) is 29.3 Å². The van der Waals surface area contributed by atoms with E-state index in [4.69, 9.17) is 9.47 Å². The third kappa shape index (κ3) is 3.63. The lowest BCUT2D eigenvalue weighted by atomic mass is 9.89. The first-order chi connectivity index (χ1) is 9.95. The first kappa shape index (κ1) is 16.0. The molecule has 4 nitrogen and oxygen atoms in total. The topological polar surface area (TPSA) is 47.6 Å². The predicted molar refractivity (Wildman–Crippen MR) is 82.3 cm³/mol. The number of carbonyl (C=O) groups excluding carboxylic acids is 1. The van der Waals surface area contributed by atoms with Crippen LogP contribution in [-0.4, -0.2) is 32.3 Å². The fourth-order valence-corrected chi connectivity index (χ4v) is 2.88. The van der Waals surface area contributed by atoms with Crippen molar-refractivity contribution in [3.63, 3.8) is 0 Å². The molecule has 1 aromatic rings.